The average molecular weight is 288 g/mol. The standard InChI is InChI=1S/C12H20N2O2S2/c1-4-14-18(15,16)12-8-6-5-7-11(12)13-9-10(2)17-3/h5-8,10,13-14H,4,9H2,1-3H3. The minimum atomic E-state index is -3.41. The fourth-order valence-electron chi connectivity index (χ4n) is 1.45. The van der Waals surface area contributed by atoms with Gasteiger partial charge in [-0.3, -0.25) is 0 Å². The molecule has 0 radical (unpaired) electrons. The van der Waals surface area contributed by atoms with E-state index >= 15 is 0 Å². The van der Waals surface area contributed by atoms with E-state index in [1.807, 2.05) is 12.3 Å². The van der Waals surface area contributed by atoms with E-state index in [1.54, 1.807) is 36.9 Å². The summed E-state index contributed by atoms with van der Waals surface area (Å²) >= 11 is 1.74. The molecule has 0 saturated heterocycles. The lowest BCUT2D eigenvalue weighted by Gasteiger charge is -2.15. The highest BCUT2D eigenvalue weighted by atomic mass is 32.2. The van der Waals surface area contributed by atoms with Crippen molar-refractivity contribution >= 4 is 27.5 Å². The van der Waals surface area contributed by atoms with E-state index in [1.165, 1.54) is 0 Å². The molecule has 0 fully saturated rings. The van der Waals surface area contributed by atoms with Gasteiger partial charge in [0, 0.05) is 18.3 Å². The van der Waals surface area contributed by atoms with Crippen LogP contribution in [0.3, 0.4) is 0 Å². The maximum absolute atomic E-state index is 12.0. The molecule has 0 aliphatic heterocycles. The second kappa shape index (κ2) is 7.01. The van der Waals surface area contributed by atoms with E-state index in [9.17, 15) is 8.42 Å². The van der Waals surface area contributed by atoms with Crippen LogP contribution in [0.25, 0.3) is 0 Å². The van der Waals surface area contributed by atoms with Gasteiger partial charge >= 0.3 is 0 Å². The molecule has 2 N–H and O–H groups in total. The Labute approximate surface area is 114 Å². The van der Waals surface area contributed by atoms with Crippen molar-refractivity contribution in [2.45, 2.75) is 24.0 Å². The highest BCUT2D eigenvalue weighted by molar-refractivity contribution is 7.99. The first kappa shape index (κ1) is 15.3. The van der Waals surface area contributed by atoms with Crippen LogP contribution in [-0.4, -0.2) is 33.0 Å². The maximum atomic E-state index is 12.0. The molecular weight excluding hydrogens is 268 g/mol. The Hall–Kier alpha value is -0.720. The smallest absolute Gasteiger partial charge is 0.242 e. The molecule has 4 nitrogen and oxygen atoms in total. The van der Waals surface area contributed by atoms with Crippen molar-refractivity contribution in [3.8, 4) is 0 Å². The van der Waals surface area contributed by atoms with Crippen molar-refractivity contribution in [2.24, 2.45) is 0 Å². The van der Waals surface area contributed by atoms with Crippen LogP contribution in [0.4, 0.5) is 5.69 Å². The van der Waals surface area contributed by atoms with Crippen molar-refractivity contribution in [1.82, 2.24) is 4.72 Å². The molecule has 102 valence electrons. The Bertz CT molecular complexity index is 475. The Kier molecular flexibility index (Phi) is 5.98. The molecule has 0 bridgehead atoms. The summed E-state index contributed by atoms with van der Waals surface area (Å²) in [4.78, 5) is 0.306. The Morgan fingerprint density at radius 1 is 1.33 bits per heavy atom. The summed E-state index contributed by atoms with van der Waals surface area (Å²) in [6, 6.07) is 6.96. The summed E-state index contributed by atoms with van der Waals surface area (Å²) in [5, 5.41) is 3.62. The first-order valence-corrected chi connectivity index (χ1v) is 8.63. The topological polar surface area (TPSA) is 58.2 Å². The highest BCUT2D eigenvalue weighted by Crippen LogP contribution is 2.21. The van der Waals surface area contributed by atoms with E-state index in [-0.39, 0.29) is 0 Å². The quantitative estimate of drug-likeness (QED) is 0.807. The van der Waals surface area contributed by atoms with E-state index in [0.717, 1.165) is 6.54 Å². The van der Waals surface area contributed by atoms with Crippen LogP contribution in [-0.2, 0) is 10.0 Å². The molecule has 0 aliphatic carbocycles. The number of thioether (sulfide) groups is 1. The predicted molar refractivity (Wildman–Crippen MR) is 78.8 cm³/mol. The van der Waals surface area contributed by atoms with Gasteiger partial charge < -0.3 is 5.32 Å². The molecule has 0 aromatic heterocycles. The summed E-state index contributed by atoms with van der Waals surface area (Å²) in [7, 11) is -3.41. The Balaban J connectivity index is 2.93. The lowest BCUT2D eigenvalue weighted by molar-refractivity contribution is 0.584. The summed E-state index contributed by atoms with van der Waals surface area (Å²) < 4.78 is 26.5. The normalized spacial score (nSPS) is 13.3. The molecule has 0 spiro atoms. The number of hydrogen-bond acceptors (Lipinski definition) is 4. The van der Waals surface area contributed by atoms with E-state index in [0.29, 0.717) is 22.4 Å². The van der Waals surface area contributed by atoms with Gasteiger partial charge in [0.15, 0.2) is 0 Å². The molecule has 0 aliphatic rings. The average Bonchev–Trinajstić information content (AvgIpc) is 2.36. The van der Waals surface area contributed by atoms with Crippen molar-refractivity contribution in [3.63, 3.8) is 0 Å². The first-order valence-electron chi connectivity index (χ1n) is 5.86. The predicted octanol–water partition coefficient (Wildman–Crippen LogP) is 2.15. The van der Waals surface area contributed by atoms with Crippen LogP contribution in [0.1, 0.15) is 13.8 Å². The van der Waals surface area contributed by atoms with Crippen molar-refractivity contribution in [1.29, 1.82) is 0 Å². The zero-order chi connectivity index (χ0) is 13.6. The number of rotatable bonds is 7. The van der Waals surface area contributed by atoms with Gasteiger partial charge in [-0.15, -0.1) is 0 Å². The first-order chi connectivity index (χ1) is 8.51. The third-order valence-corrected chi connectivity index (χ3v) is 5.07. The molecule has 6 heteroatoms. The fraction of sp³-hybridized carbons (Fsp3) is 0.500. The molecule has 1 aromatic rings. The number of anilines is 1. The van der Waals surface area contributed by atoms with Crippen molar-refractivity contribution in [3.05, 3.63) is 24.3 Å². The molecule has 1 atom stereocenters. The fourth-order valence-corrected chi connectivity index (χ4v) is 2.92. The lowest BCUT2D eigenvalue weighted by Crippen LogP contribution is -2.24. The molecular formula is C12H20N2O2S2. The van der Waals surface area contributed by atoms with E-state index in [4.69, 9.17) is 0 Å². The largest absolute Gasteiger partial charge is 0.383 e. The maximum Gasteiger partial charge on any atom is 0.242 e. The van der Waals surface area contributed by atoms with Gasteiger partial charge in [-0.25, -0.2) is 13.1 Å². The number of nitrogens with one attached hydrogen (secondary N) is 2. The highest BCUT2D eigenvalue weighted by Gasteiger charge is 2.16. The molecule has 1 rings (SSSR count). The summed E-state index contributed by atoms with van der Waals surface area (Å²) in [5.74, 6) is 0. The van der Waals surface area contributed by atoms with E-state index in [2.05, 4.69) is 17.0 Å². The van der Waals surface area contributed by atoms with Crippen LogP contribution in [0.15, 0.2) is 29.2 Å². The van der Waals surface area contributed by atoms with Crippen LogP contribution in [0.5, 0.6) is 0 Å². The van der Waals surface area contributed by atoms with E-state index < -0.39 is 10.0 Å². The second-order valence-electron chi connectivity index (χ2n) is 3.92. The van der Waals surface area contributed by atoms with Crippen LogP contribution < -0.4 is 10.0 Å². The monoisotopic (exact) mass is 288 g/mol. The van der Waals surface area contributed by atoms with Gasteiger partial charge in [-0.2, -0.15) is 11.8 Å². The molecule has 18 heavy (non-hydrogen) atoms. The SMILES string of the molecule is CCNS(=O)(=O)c1ccccc1NCC(C)SC. The lowest BCUT2D eigenvalue weighted by atomic mass is 10.3. The summed E-state index contributed by atoms with van der Waals surface area (Å²) in [6.07, 6.45) is 2.04. The number of para-hydroxylation sites is 1. The Morgan fingerprint density at radius 3 is 2.61 bits per heavy atom. The van der Waals surface area contributed by atoms with Gasteiger partial charge in [0.25, 0.3) is 0 Å². The number of sulfonamides is 1. The van der Waals surface area contributed by atoms with Crippen LogP contribution >= 0.6 is 11.8 Å². The van der Waals surface area contributed by atoms with Crippen LogP contribution in [0, 0.1) is 0 Å². The van der Waals surface area contributed by atoms with Gasteiger partial charge in [0.2, 0.25) is 10.0 Å². The van der Waals surface area contributed by atoms with Crippen LogP contribution in [0.2, 0.25) is 0 Å². The van der Waals surface area contributed by atoms with Gasteiger partial charge in [-0.05, 0) is 18.4 Å². The number of hydrogen-bond donors (Lipinski definition) is 2. The van der Waals surface area contributed by atoms with Gasteiger partial charge in [-0.1, -0.05) is 26.0 Å². The third kappa shape index (κ3) is 4.19. The van der Waals surface area contributed by atoms with Gasteiger partial charge in [0.1, 0.15) is 4.90 Å². The van der Waals surface area contributed by atoms with Gasteiger partial charge in [0.05, 0.1) is 5.69 Å². The minimum Gasteiger partial charge on any atom is -0.383 e. The second-order valence-corrected chi connectivity index (χ2v) is 6.94. The molecule has 1 unspecified atom stereocenters. The summed E-state index contributed by atoms with van der Waals surface area (Å²) in [5.41, 5.74) is 0.652. The van der Waals surface area contributed by atoms with Crippen molar-refractivity contribution < 1.29 is 8.42 Å². The zero-order valence-corrected chi connectivity index (χ0v) is 12.6. The number of benzene rings is 1. The molecule has 0 heterocycles. The Morgan fingerprint density at radius 2 is 2.00 bits per heavy atom. The minimum absolute atomic E-state index is 0.306. The molecule has 0 amide bonds. The molecule has 1 aromatic carbocycles. The molecule has 0 saturated carbocycles. The summed E-state index contributed by atoms with van der Waals surface area (Å²) in [6.45, 7) is 4.99. The third-order valence-electron chi connectivity index (χ3n) is 2.49. The van der Waals surface area contributed by atoms with Crippen molar-refractivity contribution in [2.75, 3.05) is 24.7 Å². The zero-order valence-electron chi connectivity index (χ0n) is 10.9.